The van der Waals surface area contributed by atoms with Crippen molar-refractivity contribution in [1.29, 1.82) is 0 Å². The number of rotatable bonds is 3. The Morgan fingerprint density at radius 3 is 2.72 bits per heavy atom. The second-order valence-electron chi connectivity index (χ2n) is 5.63. The summed E-state index contributed by atoms with van der Waals surface area (Å²) in [4.78, 5) is 0. The average Bonchev–Trinajstić information content (AvgIpc) is 2.62. The quantitative estimate of drug-likeness (QED) is 0.899. The molecule has 1 unspecified atom stereocenters. The summed E-state index contributed by atoms with van der Waals surface area (Å²) in [5.41, 5.74) is 8.81. The van der Waals surface area contributed by atoms with Crippen LogP contribution < -0.4 is 5.73 Å². The molecule has 0 aliphatic carbocycles. The summed E-state index contributed by atoms with van der Waals surface area (Å²) in [6.45, 7) is 3.66. The molecule has 1 aliphatic rings. The Bertz CT molecular complexity index is 567. The Morgan fingerprint density at radius 1 is 1.39 bits per heavy atom. The fourth-order valence-electron chi connectivity index (χ4n) is 3.11. The first kappa shape index (κ1) is 11.8. The van der Waals surface area contributed by atoms with Crippen molar-refractivity contribution in [2.75, 3.05) is 13.2 Å². The molecule has 2 N–H and O–H groups in total. The molecule has 3 rings (SSSR count). The normalized spacial score (nSPS) is 19.7. The van der Waals surface area contributed by atoms with Gasteiger partial charge < -0.3 is 15.0 Å². The van der Waals surface area contributed by atoms with E-state index in [4.69, 9.17) is 10.5 Å². The number of aromatic nitrogens is 1. The smallest absolute Gasteiger partial charge is 0.0587 e. The summed E-state index contributed by atoms with van der Waals surface area (Å²) in [6.07, 6.45) is 3.23. The average molecular weight is 244 g/mol. The first-order valence-electron chi connectivity index (χ1n) is 6.50. The monoisotopic (exact) mass is 244 g/mol. The van der Waals surface area contributed by atoms with Gasteiger partial charge in [-0.25, -0.2) is 0 Å². The zero-order valence-electron chi connectivity index (χ0n) is 11.0. The molecule has 1 atom stereocenters. The van der Waals surface area contributed by atoms with E-state index in [2.05, 4.69) is 49.0 Å². The van der Waals surface area contributed by atoms with Gasteiger partial charge in [-0.1, -0.05) is 18.2 Å². The molecule has 2 aromatic rings. The van der Waals surface area contributed by atoms with Crippen LogP contribution in [0, 0.1) is 0 Å². The van der Waals surface area contributed by atoms with E-state index in [1.54, 1.807) is 0 Å². The standard InChI is InChI=1S/C15H20N2O/c1-11(16)7-15(9-18-10-15)13-8-17(2)14-6-4-3-5-12(13)14/h3-6,8,11H,7,9-10,16H2,1-2H3. The molecule has 2 heterocycles. The minimum atomic E-state index is 0.120. The largest absolute Gasteiger partial charge is 0.379 e. The van der Waals surface area contributed by atoms with E-state index in [1.165, 1.54) is 16.5 Å². The van der Waals surface area contributed by atoms with Crippen molar-refractivity contribution >= 4 is 10.9 Å². The van der Waals surface area contributed by atoms with Gasteiger partial charge in [-0.3, -0.25) is 0 Å². The summed E-state index contributed by atoms with van der Waals surface area (Å²) in [5.74, 6) is 0. The molecule has 0 spiro atoms. The third-order valence-corrected chi connectivity index (χ3v) is 3.94. The zero-order valence-corrected chi connectivity index (χ0v) is 11.0. The molecule has 1 aliphatic heterocycles. The lowest BCUT2D eigenvalue weighted by molar-refractivity contribution is -0.0658. The topological polar surface area (TPSA) is 40.2 Å². The zero-order chi connectivity index (χ0) is 12.8. The molecule has 1 fully saturated rings. The van der Waals surface area contributed by atoms with Gasteiger partial charge in [0.15, 0.2) is 0 Å². The highest BCUT2D eigenvalue weighted by molar-refractivity contribution is 5.85. The summed E-state index contributed by atoms with van der Waals surface area (Å²) >= 11 is 0. The van der Waals surface area contributed by atoms with Crippen molar-refractivity contribution in [3.05, 3.63) is 36.0 Å². The SMILES string of the molecule is CC(N)CC1(c2cn(C)c3ccccc23)COC1. The Hall–Kier alpha value is -1.32. The highest BCUT2D eigenvalue weighted by Crippen LogP contribution is 2.40. The predicted octanol–water partition coefficient (Wildman–Crippen LogP) is 2.18. The molecular formula is C15H20N2O. The molecular weight excluding hydrogens is 224 g/mol. The van der Waals surface area contributed by atoms with E-state index in [-0.39, 0.29) is 11.5 Å². The third kappa shape index (κ3) is 1.66. The number of hydrogen-bond donors (Lipinski definition) is 1. The van der Waals surface area contributed by atoms with Crippen molar-refractivity contribution in [2.45, 2.75) is 24.8 Å². The van der Waals surface area contributed by atoms with Gasteiger partial charge >= 0.3 is 0 Å². The minimum absolute atomic E-state index is 0.120. The van der Waals surface area contributed by atoms with Crippen LogP contribution in [0.15, 0.2) is 30.5 Å². The van der Waals surface area contributed by atoms with Gasteiger partial charge in [-0.05, 0) is 25.0 Å². The van der Waals surface area contributed by atoms with Gasteiger partial charge in [-0.15, -0.1) is 0 Å². The molecule has 0 saturated carbocycles. The molecule has 1 aromatic carbocycles. The second kappa shape index (κ2) is 4.11. The number of para-hydroxylation sites is 1. The van der Waals surface area contributed by atoms with Crippen molar-refractivity contribution in [3.63, 3.8) is 0 Å². The fourth-order valence-corrected chi connectivity index (χ4v) is 3.11. The van der Waals surface area contributed by atoms with E-state index in [0.29, 0.717) is 0 Å². The maximum Gasteiger partial charge on any atom is 0.0587 e. The van der Waals surface area contributed by atoms with Crippen molar-refractivity contribution in [2.24, 2.45) is 12.8 Å². The maximum absolute atomic E-state index is 6.01. The summed E-state index contributed by atoms with van der Waals surface area (Å²) in [6, 6.07) is 8.75. The van der Waals surface area contributed by atoms with E-state index >= 15 is 0 Å². The molecule has 3 heteroatoms. The van der Waals surface area contributed by atoms with Crippen molar-refractivity contribution in [1.82, 2.24) is 4.57 Å². The number of nitrogens with two attached hydrogens (primary N) is 1. The lowest BCUT2D eigenvalue weighted by Gasteiger charge is -2.42. The fraction of sp³-hybridized carbons (Fsp3) is 0.467. The van der Waals surface area contributed by atoms with Crippen LogP contribution >= 0.6 is 0 Å². The first-order valence-corrected chi connectivity index (χ1v) is 6.50. The number of aryl methyl sites for hydroxylation is 1. The first-order chi connectivity index (χ1) is 8.62. The second-order valence-corrected chi connectivity index (χ2v) is 5.63. The van der Waals surface area contributed by atoms with Gasteiger partial charge in [0.2, 0.25) is 0 Å². The van der Waals surface area contributed by atoms with E-state index in [1.807, 2.05) is 0 Å². The Morgan fingerprint density at radius 2 is 2.11 bits per heavy atom. The summed E-state index contributed by atoms with van der Waals surface area (Å²) < 4.78 is 7.69. The molecule has 18 heavy (non-hydrogen) atoms. The van der Waals surface area contributed by atoms with Crippen LogP contribution in [-0.2, 0) is 17.2 Å². The molecule has 1 aromatic heterocycles. The van der Waals surface area contributed by atoms with Crippen molar-refractivity contribution < 1.29 is 4.74 Å². The number of fused-ring (bicyclic) bond motifs is 1. The van der Waals surface area contributed by atoms with Crippen LogP contribution in [0.25, 0.3) is 10.9 Å². The molecule has 1 saturated heterocycles. The van der Waals surface area contributed by atoms with Crippen LogP contribution in [0.2, 0.25) is 0 Å². The summed E-state index contributed by atoms with van der Waals surface area (Å²) in [7, 11) is 2.10. The van der Waals surface area contributed by atoms with E-state index in [0.717, 1.165) is 19.6 Å². The van der Waals surface area contributed by atoms with Gasteiger partial charge in [0.05, 0.1) is 13.2 Å². The molecule has 96 valence electrons. The summed E-state index contributed by atoms with van der Waals surface area (Å²) in [5, 5.41) is 1.34. The van der Waals surface area contributed by atoms with Gasteiger partial charge in [0, 0.05) is 35.6 Å². The van der Waals surface area contributed by atoms with Crippen LogP contribution in [0.4, 0.5) is 0 Å². The minimum Gasteiger partial charge on any atom is -0.379 e. The molecule has 0 bridgehead atoms. The highest BCUT2D eigenvalue weighted by Gasteiger charge is 2.42. The predicted molar refractivity (Wildman–Crippen MR) is 73.7 cm³/mol. The third-order valence-electron chi connectivity index (χ3n) is 3.94. The molecule has 0 radical (unpaired) electrons. The lowest BCUT2D eigenvalue weighted by Crippen LogP contribution is -2.49. The van der Waals surface area contributed by atoms with Gasteiger partial charge in [-0.2, -0.15) is 0 Å². The Labute approximate surface area is 108 Å². The van der Waals surface area contributed by atoms with Crippen LogP contribution in [-0.4, -0.2) is 23.8 Å². The van der Waals surface area contributed by atoms with E-state index in [9.17, 15) is 0 Å². The van der Waals surface area contributed by atoms with E-state index < -0.39 is 0 Å². The number of benzene rings is 1. The number of ether oxygens (including phenoxy) is 1. The maximum atomic E-state index is 6.01. The number of nitrogens with zero attached hydrogens (tertiary/aromatic N) is 1. The lowest BCUT2D eigenvalue weighted by atomic mass is 9.74. The van der Waals surface area contributed by atoms with Crippen molar-refractivity contribution in [3.8, 4) is 0 Å². The molecule has 0 amide bonds. The highest BCUT2D eigenvalue weighted by atomic mass is 16.5. The Kier molecular flexibility index (Phi) is 2.68. The molecule has 3 nitrogen and oxygen atoms in total. The van der Waals surface area contributed by atoms with Crippen LogP contribution in [0.1, 0.15) is 18.9 Å². The van der Waals surface area contributed by atoms with Gasteiger partial charge in [0.1, 0.15) is 0 Å². The van der Waals surface area contributed by atoms with Crippen LogP contribution in [0.5, 0.6) is 0 Å². The van der Waals surface area contributed by atoms with Crippen LogP contribution in [0.3, 0.4) is 0 Å². The number of hydrogen-bond acceptors (Lipinski definition) is 2. The Balaban J connectivity index is 2.13. The van der Waals surface area contributed by atoms with Gasteiger partial charge in [0.25, 0.3) is 0 Å².